The normalized spacial score (nSPS) is 11.2. The summed E-state index contributed by atoms with van der Waals surface area (Å²) in [6.07, 6.45) is 0. The van der Waals surface area contributed by atoms with Crippen molar-refractivity contribution < 1.29 is 14.8 Å². The van der Waals surface area contributed by atoms with Crippen LogP contribution in [0.25, 0.3) is 0 Å². The first kappa shape index (κ1) is 17.8. The molecule has 0 spiro atoms. The highest BCUT2D eigenvalue weighted by atomic mass is 16.4. The Labute approximate surface area is 128 Å². The molecule has 0 aliphatic carbocycles. The number of hydrogen-bond acceptors (Lipinski definition) is 3. The molecule has 0 saturated carbocycles. The van der Waals surface area contributed by atoms with Crippen LogP contribution < -0.4 is 10.9 Å². The number of rotatable bonds is 5. The van der Waals surface area contributed by atoms with Crippen molar-refractivity contribution in [3.63, 3.8) is 0 Å². The third kappa shape index (κ3) is 5.21. The van der Waals surface area contributed by atoms with E-state index in [1.807, 2.05) is 21.1 Å². The Morgan fingerprint density at radius 3 is 2.19 bits per heavy atom. The van der Waals surface area contributed by atoms with Crippen LogP contribution in [0.3, 0.4) is 0 Å². The van der Waals surface area contributed by atoms with Crippen LogP contribution in [-0.2, 0) is 0 Å². The monoisotopic (exact) mass is 288 g/mol. The smallest absolute Gasteiger partial charge is 0.423 e. The standard InChI is InChI=1S/C15H24B2NO3/c1-6-18(7-2)14(19)11-8-12(16-15(3,4)5)10-13(9-11)17(20)21/h8-10,20-21H,6-7H2,1-5H3. The molecule has 21 heavy (non-hydrogen) atoms. The Bertz CT molecular complexity index is 494. The second-order valence-electron chi connectivity index (χ2n) is 6.25. The predicted molar refractivity (Wildman–Crippen MR) is 88.6 cm³/mol. The first-order valence-corrected chi connectivity index (χ1v) is 7.34. The van der Waals surface area contributed by atoms with E-state index < -0.39 is 7.12 Å². The largest absolute Gasteiger partial charge is 0.488 e. The molecular formula is C15H24B2NO3. The van der Waals surface area contributed by atoms with Crippen LogP contribution in [0.2, 0.25) is 5.31 Å². The molecule has 0 atom stereocenters. The number of benzene rings is 1. The summed E-state index contributed by atoms with van der Waals surface area (Å²) in [7, 11) is 0.430. The number of hydrogen-bond donors (Lipinski definition) is 2. The third-order valence-electron chi connectivity index (χ3n) is 3.17. The van der Waals surface area contributed by atoms with Gasteiger partial charge in [-0.25, -0.2) is 0 Å². The summed E-state index contributed by atoms with van der Waals surface area (Å²) in [6.45, 7) is 11.3. The second kappa shape index (κ2) is 7.14. The van der Waals surface area contributed by atoms with Crippen molar-refractivity contribution in [2.75, 3.05) is 13.1 Å². The van der Waals surface area contributed by atoms with Crippen molar-refractivity contribution in [1.82, 2.24) is 4.90 Å². The van der Waals surface area contributed by atoms with Crippen LogP contribution in [0.15, 0.2) is 18.2 Å². The fourth-order valence-electron chi connectivity index (χ4n) is 2.23. The SMILES string of the molecule is CCN(CC)C(=O)c1cc([B]C(C)(C)C)cc(B(O)O)c1. The van der Waals surface area contributed by atoms with Crippen molar-refractivity contribution in [1.29, 1.82) is 0 Å². The molecule has 1 aromatic rings. The van der Waals surface area contributed by atoms with Crippen molar-refractivity contribution in [3.8, 4) is 0 Å². The number of carbonyl (C=O) groups is 1. The summed E-state index contributed by atoms with van der Waals surface area (Å²) in [6, 6.07) is 5.05. The van der Waals surface area contributed by atoms with E-state index in [0.29, 0.717) is 24.1 Å². The average molecular weight is 288 g/mol. The Kier molecular flexibility index (Phi) is 6.05. The highest BCUT2D eigenvalue weighted by Crippen LogP contribution is 2.19. The fraction of sp³-hybridized carbons (Fsp3) is 0.533. The highest BCUT2D eigenvalue weighted by molar-refractivity contribution is 6.61. The Morgan fingerprint density at radius 2 is 1.76 bits per heavy atom. The van der Waals surface area contributed by atoms with Gasteiger partial charge in [0.2, 0.25) is 0 Å². The topological polar surface area (TPSA) is 60.8 Å². The summed E-state index contributed by atoms with van der Waals surface area (Å²) < 4.78 is 0. The second-order valence-corrected chi connectivity index (χ2v) is 6.25. The van der Waals surface area contributed by atoms with Crippen molar-refractivity contribution in [3.05, 3.63) is 23.8 Å². The van der Waals surface area contributed by atoms with Crippen LogP contribution >= 0.6 is 0 Å². The van der Waals surface area contributed by atoms with Crippen LogP contribution in [-0.4, -0.2) is 48.3 Å². The number of nitrogens with zero attached hydrogens (tertiary/aromatic N) is 1. The van der Waals surface area contributed by atoms with E-state index in [1.54, 1.807) is 23.1 Å². The van der Waals surface area contributed by atoms with Gasteiger partial charge in [-0.05, 0) is 25.4 Å². The first-order valence-electron chi connectivity index (χ1n) is 7.34. The van der Waals surface area contributed by atoms with Crippen molar-refractivity contribution >= 4 is 31.2 Å². The maximum absolute atomic E-state index is 12.4. The van der Waals surface area contributed by atoms with E-state index in [2.05, 4.69) is 20.8 Å². The molecule has 1 radical (unpaired) electrons. The van der Waals surface area contributed by atoms with Crippen LogP contribution in [0.5, 0.6) is 0 Å². The van der Waals surface area contributed by atoms with E-state index in [9.17, 15) is 14.8 Å². The Hall–Kier alpha value is -1.26. The van der Waals surface area contributed by atoms with E-state index >= 15 is 0 Å². The third-order valence-corrected chi connectivity index (χ3v) is 3.17. The lowest BCUT2D eigenvalue weighted by Gasteiger charge is -2.21. The molecule has 0 bridgehead atoms. The minimum Gasteiger partial charge on any atom is -0.423 e. The van der Waals surface area contributed by atoms with Gasteiger partial charge >= 0.3 is 7.12 Å². The van der Waals surface area contributed by atoms with Gasteiger partial charge in [0.15, 0.2) is 7.28 Å². The minimum atomic E-state index is -1.58. The quantitative estimate of drug-likeness (QED) is 0.771. The molecule has 0 saturated heterocycles. The first-order chi connectivity index (χ1) is 9.67. The lowest BCUT2D eigenvalue weighted by molar-refractivity contribution is 0.0773. The number of carbonyl (C=O) groups excluding carboxylic acids is 1. The number of amides is 1. The maximum atomic E-state index is 12.4. The van der Waals surface area contributed by atoms with Crippen molar-refractivity contribution in [2.24, 2.45) is 0 Å². The molecule has 0 aliphatic heterocycles. The minimum absolute atomic E-state index is 0.0610. The van der Waals surface area contributed by atoms with Gasteiger partial charge in [-0.2, -0.15) is 0 Å². The highest BCUT2D eigenvalue weighted by Gasteiger charge is 2.21. The predicted octanol–water partition coefficient (Wildman–Crippen LogP) is 0.396. The average Bonchev–Trinajstić information content (AvgIpc) is 2.37. The lowest BCUT2D eigenvalue weighted by atomic mass is 9.50. The van der Waals surface area contributed by atoms with Crippen LogP contribution in [0.1, 0.15) is 45.0 Å². The zero-order chi connectivity index (χ0) is 16.2. The molecule has 1 aromatic carbocycles. The van der Waals surface area contributed by atoms with Gasteiger partial charge in [0.25, 0.3) is 5.91 Å². The van der Waals surface area contributed by atoms with Gasteiger partial charge in [0, 0.05) is 18.7 Å². The van der Waals surface area contributed by atoms with Gasteiger partial charge < -0.3 is 14.9 Å². The summed E-state index contributed by atoms with van der Waals surface area (Å²) in [5, 5.41) is 18.8. The van der Waals surface area contributed by atoms with Gasteiger partial charge in [-0.15, -0.1) is 0 Å². The molecule has 0 aromatic heterocycles. The van der Waals surface area contributed by atoms with E-state index in [4.69, 9.17) is 0 Å². The summed E-state index contributed by atoms with van der Waals surface area (Å²) in [5.41, 5.74) is 1.65. The van der Waals surface area contributed by atoms with Gasteiger partial charge in [-0.3, -0.25) is 4.79 Å². The van der Waals surface area contributed by atoms with E-state index in [1.165, 1.54) is 0 Å². The molecule has 1 amide bonds. The maximum Gasteiger partial charge on any atom is 0.488 e. The van der Waals surface area contributed by atoms with Gasteiger partial charge in [-0.1, -0.05) is 43.7 Å². The zero-order valence-corrected chi connectivity index (χ0v) is 13.6. The molecule has 0 fully saturated rings. The molecule has 0 aliphatic rings. The Balaban J connectivity index is 3.22. The van der Waals surface area contributed by atoms with Gasteiger partial charge in [0.05, 0.1) is 0 Å². The van der Waals surface area contributed by atoms with Crippen molar-refractivity contribution in [2.45, 2.75) is 39.9 Å². The fourth-order valence-corrected chi connectivity index (χ4v) is 2.23. The summed E-state index contributed by atoms with van der Waals surface area (Å²) in [4.78, 5) is 14.2. The lowest BCUT2D eigenvalue weighted by Crippen LogP contribution is -2.38. The van der Waals surface area contributed by atoms with Crippen LogP contribution in [0.4, 0.5) is 0 Å². The van der Waals surface area contributed by atoms with Crippen LogP contribution in [0, 0.1) is 0 Å². The molecule has 0 heterocycles. The zero-order valence-electron chi connectivity index (χ0n) is 13.6. The molecule has 0 unspecified atom stereocenters. The molecule has 1 rings (SSSR count). The molecule has 4 nitrogen and oxygen atoms in total. The van der Waals surface area contributed by atoms with E-state index in [-0.39, 0.29) is 11.2 Å². The Morgan fingerprint density at radius 1 is 1.19 bits per heavy atom. The van der Waals surface area contributed by atoms with Gasteiger partial charge in [0.1, 0.15) is 0 Å². The summed E-state index contributed by atoms with van der Waals surface area (Å²) in [5.74, 6) is -0.0916. The molecular weight excluding hydrogens is 264 g/mol. The summed E-state index contributed by atoms with van der Waals surface area (Å²) >= 11 is 0. The molecule has 6 heteroatoms. The van der Waals surface area contributed by atoms with E-state index in [0.717, 1.165) is 5.46 Å². The molecule has 2 N–H and O–H groups in total. The molecule has 113 valence electrons.